The van der Waals surface area contributed by atoms with Crippen LogP contribution in [0, 0.1) is 0 Å². The van der Waals surface area contributed by atoms with Crippen molar-refractivity contribution >= 4 is 16.7 Å². The average Bonchev–Trinajstić information content (AvgIpc) is 3.29. The summed E-state index contributed by atoms with van der Waals surface area (Å²) in [7, 11) is 0. The fraction of sp³-hybridized carbons (Fsp3) is 0.353. The predicted octanol–water partition coefficient (Wildman–Crippen LogP) is 4.29. The molecule has 0 saturated heterocycles. The summed E-state index contributed by atoms with van der Waals surface area (Å²) in [6.07, 6.45) is 4.56. The molecule has 0 unspecified atom stereocenters. The van der Waals surface area contributed by atoms with Gasteiger partial charge in [-0.1, -0.05) is 24.3 Å². The smallest absolute Gasteiger partial charge is 0.336 e. The van der Waals surface area contributed by atoms with E-state index in [2.05, 4.69) is 18.2 Å². The SMILES string of the molecule is O=C(O)c1c(C2CC2)cc2ccccc2c1C1CC1. The second-order valence-corrected chi connectivity index (χ2v) is 5.83. The Kier molecular flexibility index (Phi) is 2.22. The van der Waals surface area contributed by atoms with Crippen molar-refractivity contribution in [3.05, 3.63) is 47.0 Å². The summed E-state index contributed by atoms with van der Waals surface area (Å²) in [4.78, 5) is 11.8. The molecule has 0 radical (unpaired) electrons. The minimum atomic E-state index is -0.741. The summed E-state index contributed by atoms with van der Waals surface area (Å²) < 4.78 is 0. The molecule has 0 atom stereocenters. The number of benzene rings is 2. The third-order valence-electron chi connectivity index (χ3n) is 4.34. The van der Waals surface area contributed by atoms with Crippen LogP contribution in [0.4, 0.5) is 0 Å². The maximum atomic E-state index is 11.8. The Morgan fingerprint density at radius 3 is 2.37 bits per heavy atom. The van der Waals surface area contributed by atoms with E-state index in [0.717, 1.165) is 42.2 Å². The Labute approximate surface area is 112 Å². The van der Waals surface area contributed by atoms with Crippen molar-refractivity contribution in [2.24, 2.45) is 0 Å². The molecule has 0 bridgehead atoms. The quantitative estimate of drug-likeness (QED) is 0.884. The van der Waals surface area contributed by atoms with Crippen molar-refractivity contribution in [2.45, 2.75) is 37.5 Å². The van der Waals surface area contributed by atoms with Crippen molar-refractivity contribution in [1.82, 2.24) is 0 Å². The molecule has 2 saturated carbocycles. The summed E-state index contributed by atoms with van der Waals surface area (Å²) in [5, 5.41) is 12.0. The van der Waals surface area contributed by atoms with E-state index in [4.69, 9.17) is 0 Å². The molecule has 2 heteroatoms. The molecular weight excluding hydrogens is 236 g/mol. The Bertz CT molecular complexity index is 679. The maximum Gasteiger partial charge on any atom is 0.336 e. The summed E-state index contributed by atoms with van der Waals surface area (Å²) in [5.74, 6) is 0.206. The van der Waals surface area contributed by atoms with E-state index in [1.807, 2.05) is 12.1 Å². The molecule has 2 aromatic carbocycles. The molecule has 96 valence electrons. The monoisotopic (exact) mass is 252 g/mol. The van der Waals surface area contributed by atoms with Crippen molar-refractivity contribution in [2.75, 3.05) is 0 Å². The van der Waals surface area contributed by atoms with E-state index >= 15 is 0 Å². The van der Waals surface area contributed by atoms with Crippen molar-refractivity contribution in [3.8, 4) is 0 Å². The number of hydrogen-bond donors (Lipinski definition) is 1. The molecule has 2 aliphatic rings. The minimum absolute atomic E-state index is 0.467. The summed E-state index contributed by atoms with van der Waals surface area (Å²) in [6, 6.07) is 10.3. The van der Waals surface area contributed by atoms with Gasteiger partial charge in [0.2, 0.25) is 0 Å². The predicted molar refractivity (Wildman–Crippen MR) is 74.9 cm³/mol. The summed E-state index contributed by atoms with van der Waals surface area (Å²) in [5.41, 5.74) is 2.80. The highest BCUT2D eigenvalue weighted by Gasteiger charge is 2.35. The molecule has 0 amide bonds. The highest BCUT2D eigenvalue weighted by molar-refractivity contribution is 6.00. The first kappa shape index (κ1) is 11.0. The number of rotatable bonds is 3. The van der Waals surface area contributed by atoms with Gasteiger partial charge < -0.3 is 5.11 Å². The normalized spacial score (nSPS) is 18.7. The lowest BCUT2D eigenvalue weighted by molar-refractivity contribution is 0.0694. The van der Waals surface area contributed by atoms with Crippen LogP contribution >= 0.6 is 0 Å². The highest BCUT2D eigenvalue weighted by atomic mass is 16.4. The zero-order valence-electron chi connectivity index (χ0n) is 10.7. The van der Waals surface area contributed by atoms with E-state index in [1.165, 1.54) is 5.39 Å². The third kappa shape index (κ3) is 1.74. The van der Waals surface area contributed by atoms with Crippen LogP contribution in [0.15, 0.2) is 30.3 Å². The van der Waals surface area contributed by atoms with Crippen molar-refractivity contribution in [1.29, 1.82) is 0 Å². The Balaban J connectivity index is 2.09. The lowest BCUT2D eigenvalue weighted by Gasteiger charge is -2.14. The van der Waals surface area contributed by atoms with Crippen LogP contribution < -0.4 is 0 Å². The number of hydrogen-bond acceptors (Lipinski definition) is 1. The highest BCUT2D eigenvalue weighted by Crippen LogP contribution is 2.50. The van der Waals surface area contributed by atoms with Gasteiger partial charge in [0.25, 0.3) is 0 Å². The zero-order chi connectivity index (χ0) is 13.0. The van der Waals surface area contributed by atoms with Gasteiger partial charge in [-0.2, -0.15) is 0 Å². The Hall–Kier alpha value is -1.83. The number of carboxylic acid groups (broad SMARTS) is 1. The van der Waals surface area contributed by atoms with E-state index in [9.17, 15) is 9.90 Å². The Morgan fingerprint density at radius 2 is 1.74 bits per heavy atom. The van der Waals surface area contributed by atoms with E-state index in [-0.39, 0.29) is 0 Å². The largest absolute Gasteiger partial charge is 0.478 e. The minimum Gasteiger partial charge on any atom is -0.478 e. The van der Waals surface area contributed by atoms with Gasteiger partial charge in [0.05, 0.1) is 5.56 Å². The zero-order valence-corrected chi connectivity index (χ0v) is 10.7. The van der Waals surface area contributed by atoms with Crippen LogP contribution in [0.2, 0.25) is 0 Å². The van der Waals surface area contributed by atoms with Crippen LogP contribution in [-0.4, -0.2) is 11.1 Å². The van der Waals surface area contributed by atoms with Gasteiger partial charge in [0.1, 0.15) is 0 Å². The first-order valence-electron chi connectivity index (χ1n) is 7.04. The number of aromatic carboxylic acids is 1. The van der Waals surface area contributed by atoms with Gasteiger partial charge in [0.15, 0.2) is 0 Å². The number of carbonyl (C=O) groups is 1. The van der Waals surface area contributed by atoms with Crippen LogP contribution in [0.25, 0.3) is 10.8 Å². The standard InChI is InChI=1S/C17H16O2/c18-17(19)16-14(10-5-6-10)9-12-3-1-2-4-13(12)15(16)11-7-8-11/h1-4,9-11H,5-8H2,(H,18,19). The molecular formula is C17H16O2. The fourth-order valence-electron chi connectivity index (χ4n) is 3.15. The molecule has 0 spiro atoms. The van der Waals surface area contributed by atoms with Gasteiger partial charge in [-0.3, -0.25) is 0 Å². The molecule has 0 aliphatic heterocycles. The fourth-order valence-corrected chi connectivity index (χ4v) is 3.15. The first-order chi connectivity index (χ1) is 9.25. The maximum absolute atomic E-state index is 11.8. The lowest BCUT2D eigenvalue weighted by Crippen LogP contribution is -2.07. The number of fused-ring (bicyclic) bond motifs is 1. The second kappa shape index (κ2) is 3.83. The summed E-state index contributed by atoms with van der Waals surface area (Å²) >= 11 is 0. The second-order valence-electron chi connectivity index (χ2n) is 5.83. The molecule has 2 aliphatic carbocycles. The topological polar surface area (TPSA) is 37.3 Å². The van der Waals surface area contributed by atoms with E-state index < -0.39 is 5.97 Å². The lowest BCUT2D eigenvalue weighted by atomic mass is 9.89. The van der Waals surface area contributed by atoms with Gasteiger partial charge in [-0.15, -0.1) is 0 Å². The van der Waals surface area contributed by atoms with Crippen LogP contribution in [0.3, 0.4) is 0 Å². The van der Waals surface area contributed by atoms with Crippen LogP contribution in [-0.2, 0) is 0 Å². The Morgan fingerprint density at radius 1 is 1.05 bits per heavy atom. The van der Waals surface area contributed by atoms with Crippen LogP contribution in [0.1, 0.15) is 59.0 Å². The molecule has 2 nitrogen and oxygen atoms in total. The molecule has 2 aromatic rings. The molecule has 0 aromatic heterocycles. The van der Waals surface area contributed by atoms with Gasteiger partial charge in [-0.25, -0.2) is 4.79 Å². The van der Waals surface area contributed by atoms with Gasteiger partial charge in [0, 0.05) is 0 Å². The first-order valence-corrected chi connectivity index (χ1v) is 7.04. The van der Waals surface area contributed by atoms with E-state index in [0.29, 0.717) is 17.4 Å². The van der Waals surface area contributed by atoms with Crippen LogP contribution in [0.5, 0.6) is 0 Å². The van der Waals surface area contributed by atoms with E-state index in [1.54, 1.807) is 0 Å². The van der Waals surface area contributed by atoms with Gasteiger partial charge in [-0.05, 0) is 65.5 Å². The number of carboxylic acids is 1. The van der Waals surface area contributed by atoms with Crippen molar-refractivity contribution < 1.29 is 9.90 Å². The van der Waals surface area contributed by atoms with Crippen molar-refractivity contribution in [3.63, 3.8) is 0 Å². The van der Waals surface area contributed by atoms with Gasteiger partial charge >= 0.3 is 5.97 Å². The molecule has 2 fully saturated rings. The third-order valence-corrected chi connectivity index (χ3v) is 4.34. The molecule has 1 N–H and O–H groups in total. The average molecular weight is 252 g/mol. The molecule has 19 heavy (non-hydrogen) atoms. The molecule has 4 rings (SSSR count). The summed E-state index contributed by atoms with van der Waals surface area (Å²) in [6.45, 7) is 0. The molecule has 0 heterocycles.